The summed E-state index contributed by atoms with van der Waals surface area (Å²) in [5, 5.41) is 3.20. The molecule has 0 radical (unpaired) electrons. The number of benzene rings is 1. The lowest BCUT2D eigenvalue weighted by Gasteiger charge is -2.23. The van der Waals surface area contributed by atoms with Crippen LogP contribution in [0.5, 0.6) is 11.5 Å². The highest BCUT2D eigenvalue weighted by Gasteiger charge is 2.23. The summed E-state index contributed by atoms with van der Waals surface area (Å²) in [4.78, 5) is 0.220. The summed E-state index contributed by atoms with van der Waals surface area (Å²) in [7, 11) is -3.53. The number of hydrogen-bond acceptors (Lipinski definition) is 5. The molecule has 1 atom stereocenters. The molecule has 0 aromatic heterocycles. The van der Waals surface area contributed by atoms with Gasteiger partial charge in [-0.05, 0) is 31.5 Å². The maximum Gasteiger partial charge on any atom is 0.241 e. The van der Waals surface area contributed by atoms with Gasteiger partial charge in [-0.25, -0.2) is 13.1 Å². The van der Waals surface area contributed by atoms with Crippen molar-refractivity contribution in [3.8, 4) is 11.5 Å². The first kappa shape index (κ1) is 14.6. The van der Waals surface area contributed by atoms with E-state index in [1.54, 1.807) is 18.2 Å². The van der Waals surface area contributed by atoms with Crippen molar-refractivity contribution in [3.63, 3.8) is 0 Å². The summed E-state index contributed by atoms with van der Waals surface area (Å²) in [5.41, 5.74) is 0. The van der Waals surface area contributed by atoms with E-state index in [-0.39, 0.29) is 10.9 Å². The fourth-order valence-corrected chi connectivity index (χ4v) is 3.84. The minimum Gasteiger partial charge on any atom is -0.490 e. The van der Waals surface area contributed by atoms with Crippen molar-refractivity contribution in [3.05, 3.63) is 18.2 Å². The molecule has 1 aromatic carbocycles. The number of sulfonamides is 1. The molecule has 0 spiro atoms. The van der Waals surface area contributed by atoms with Gasteiger partial charge in [-0.1, -0.05) is 0 Å². The summed E-state index contributed by atoms with van der Waals surface area (Å²) in [6.45, 7) is 2.74. The second-order valence-electron chi connectivity index (χ2n) is 5.32. The molecule has 0 aliphatic carbocycles. The highest BCUT2D eigenvalue weighted by atomic mass is 32.2. The van der Waals surface area contributed by atoms with Crippen LogP contribution >= 0.6 is 0 Å². The van der Waals surface area contributed by atoms with Gasteiger partial charge >= 0.3 is 0 Å². The van der Waals surface area contributed by atoms with Crippen molar-refractivity contribution in [1.82, 2.24) is 10.0 Å². The Morgan fingerprint density at radius 1 is 1.14 bits per heavy atom. The van der Waals surface area contributed by atoms with E-state index >= 15 is 0 Å². The molecule has 116 valence electrons. The minimum absolute atomic E-state index is 0.0558. The van der Waals surface area contributed by atoms with Gasteiger partial charge in [-0.2, -0.15) is 0 Å². The molecule has 0 unspecified atom stereocenters. The van der Waals surface area contributed by atoms with E-state index in [0.29, 0.717) is 31.3 Å². The lowest BCUT2D eigenvalue weighted by Crippen LogP contribution is -2.45. The van der Waals surface area contributed by atoms with Crippen LogP contribution in [0.15, 0.2) is 23.1 Å². The molecule has 2 heterocycles. The molecule has 0 saturated carbocycles. The van der Waals surface area contributed by atoms with Gasteiger partial charge < -0.3 is 14.8 Å². The Bertz CT molecular complexity index is 597. The average molecular weight is 312 g/mol. The summed E-state index contributed by atoms with van der Waals surface area (Å²) in [6.07, 6.45) is 2.63. The molecule has 2 aliphatic rings. The maximum absolute atomic E-state index is 12.4. The third-order valence-corrected chi connectivity index (χ3v) is 5.17. The van der Waals surface area contributed by atoms with Crippen LogP contribution in [-0.2, 0) is 10.0 Å². The maximum atomic E-state index is 12.4. The van der Waals surface area contributed by atoms with E-state index in [2.05, 4.69) is 10.0 Å². The average Bonchev–Trinajstić information content (AvgIpc) is 2.72. The molecule has 6 nitrogen and oxygen atoms in total. The zero-order valence-electron chi connectivity index (χ0n) is 11.8. The number of ether oxygens (including phenoxy) is 2. The van der Waals surface area contributed by atoms with Gasteiger partial charge in [-0.3, -0.25) is 0 Å². The van der Waals surface area contributed by atoms with Gasteiger partial charge in [-0.15, -0.1) is 0 Å². The van der Waals surface area contributed by atoms with Gasteiger partial charge in [0.2, 0.25) is 10.0 Å². The summed E-state index contributed by atoms with van der Waals surface area (Å²) >= 11 is 0. The van der Waals surface area contributed by atoms with Crippen LogP contribution in [-0.4, -0.2) is 40.8 Å². The van der Waals surface area contributed by atoms with Crippen LogP contribution in [0.4, 0.5) is 0 Å². The van der Waals surface area contributed by atoms with Crippen LogP contribution in [0, 0.1) is 0 Å². The third-order valence-electron chi connectivity index (χ3n) is 3.65. The van der Waals surface area contributed by atoms with E-state index in [1.807, 2.05) is 0 Å². The Balaban J connectivity index is 1.80. The molecule has 1 aromatic rings. The molecule has 1 saturated heterocycles. The Kier molecular flexibility index (Phi) is 4.32. The van der Waals surface area contributed by atoms with Crippen LogP contribution in [0.1, 0.15) is 19.3 Å². The lowest BCUT2D eigenvalue weighted by atomic mass is 10.1. The molecule has 2 aliphatic heterocycles. The van der Waals surface area contributed by atoms with Gasteiger partial charge in [0.05, 0.1) is 18.1 Å². The van der Waals surface area contributed by atoms with E-state index in [1.165, 1.54) is 0 Å². The molecule has 3 rings (SSSR count). The van der Waals surface area contributed by atoms with Crippen LogP contribution in [0.25, 0.3) is 0 Å². The van der Waals surface area contributed by atoms with E-state index in [9.17, 15) is 8.42 Å². The summed E-state index contributed by atoms with van der Waals surface area (Å²) in [6, 6.07) is 4.71. The van der Waals surface area contributed by atoms with E-state index in [0.717, 1.165) is 25.8 Å². The second kappa shape index (κ2) is 6.21. The molecular formula is C14H20N2O4S. The first-order chi connectivity index (χ1) is 10.1. The zero-order valence-corrected chi connectivity index (χ0v) is 12.6. The molecule has 0 amide bonds. The van der Waals surface area contributed by atoms with E-state index in [4.69, 9.17) is 9.47 Å². The fourth-order valence-electron chi connectivity index (χ4n) is 2.55. The topological polar surface area (TPSA) is 76.7 Å². The van der Waals surface area contributed by atoms with Crippen molar-refractivity contribution in [2.45, 2.75) is 30.2 Å². The van der Waals surface area contributed by atoms with Crippen molar-refractivity contribution < 1.29 is 17.9 Å². The fraction of sp³-hybridized carbons (Fsp3) is 0.571. The van der Waals surface area contributed by atoms with Crippen molar-refractivity contribution in [2.24, 2.45) is 0 Å². The van der Waals surface area contributed by atoms with Gasteiger partial charge in [0, 0.05) is 25.1 Å². The summed E-state index contributed by atoms with van der Waals surface area (Å²) in [5.74, 6) is 1.10. The van der Waals surface area contributed by atoms with E-state index < -0.39 is 10.0 Å². The van der Waals surface area contributed by atoms with Gasteiger partial charge in [0.15, 0.2) is 11.5 Å². The monoisotopic (exact) mass is 312 g/mol. The number of piperidine rings is 1. The number of rotatable bonds is 3. The smallest absolute Gasteiger partial charge is 0.241 e. The zero-order chi connectivity index (χ0) is 14.7. The molecule has 2 N–H and O–H groups in total. The van der Waals surface area contributed by atoms with Gasteiger partial charge in [0.25, 0.3) is 0 Å². The number of fused-ring (bicyclic) bond motifs is 1. The Morgan fingerprint density at radius 2 is 1.95 bits per heavy atom. The SMILES string of the molecule is O=S(=O)(N[C@@H]1CCCNC1)c1ccc2c(c1)OCCCO2. The Hall–Kier alpha value is -1.31. The minimum atomic E-state index is -3.53. The molecular weight excluding hydrogens is 292 g/mol. The first-order valence-electron chi connectivity index (χ1n) is 7.28. The Morgan fingerprint density at radius 3 is 2.71 bits per heavy atom. The van der Waals surface area contributed by atoms with Crippen LogP contribution in [0.3, 0.4) is 0 Å². The van der Waals surface area contributed by atoms with Gasteiger partial charge in [0.1, 0.15) is 0 Å². The molecule has 0 bridgehead atoms. The molecule has 21 heavy (non-hydrogen) atoms. The Labute approximate surface area is 124 Å². The van der Waals surface area contributed by atoms with Crippen molar-refractivity contribution >= 4 is 10.0 Å². The largest absolute Gasteiger partial charge is 0.490 e. The van der Waals surface area contributed by atoms with Crippen molar-refractivity contribution in [1.29, 1.82) is 0 Å². The molecule has 7 heteroatoms. The standard InChI is InChI=1S/C14H20N2O4S/c17-21(18,16-11-3-1-6-15-10-11)12-4-5-13-14(9-12)20-8-2-7-19-13/h4-5,9,11,15-16H,1-3,6-8,10H2/t11-/m1/s1. The first-order valence-corrected chi connectivity index (χ1v) is 8.76. The highest BCUT2D eigenvalue weighted by Crippen LogP contribution is 2.31. The lowest BCUT2D eigenvalue weighted by molar-refractivity contribution is 0.297. The predicted molar refractivity (Wildman–Crippen MR) is 78.3 cm³/mol. The van der Waals surface area contributed by atoms with Crippen LogP contribution < -0.4 is 19.5 Å². The predicted octanol–water partition coefficient (Wildman–Crippen LogP) is 0.878. The normalized spacial score (nSPS) is 22.6. The highest BCUT2D eigenvalue weighted by molar-refractivity contribution is 7.89. The third kappa shape index (κ3) is 3.48. The summed E-state index contributed by atoms with van der Waals surface area (Å²) < 4.78 is 38.7. The number of nitrogens with one attached hydrogen (secondary N) is 2. The number of hydrogen-bond donors (Lipinski definition) is 2. The second-order valence-corrected chi connectivity index (χ2v) is 7.04. The molecule has 1 fully saturated rings. The van der Waals surface area contributed by atoms with Crippen LogP contribution in [0.2, 0.25) is 0 Å². The van der Waals surface area contributed by atoms with Crippen molar-refractivity contribution in [2.75, 3.05) is 26.3 Å². The quantitative estimate of drug-likeness (QED) is 0.866.